The normalized spacial score (nSPS) is 11.6. The topological polar surface area (TPSA) is 84.7 Å². The van der Waals surface area contributed by atoms with Gasteiger partial charge in [0.05, 0.1) is 18.1 Å². The summed E-state index contributed by atoms with van der Waals surface area (Å²) in [6.07, 6.45) is 5.14. The largest absolute Gasteiger partial charge is 0.367 e. The number of anilines is 1. The smallest absolute Gasteiger partial charge is 0.244 e. The van der Waals surface area contributed by atoms with Gasteiger partial charge >= 0.3 is 0 Å². The number of carbonyl (C=O) groups excluding carboxylic acids is 1. The highest BCUT2D eigenvalue weighted by molar-refractivity contribution is 7.99. The predicted molar refractivity (Wildman–Crippen MR) is 117 cm³/mol. The summed E-state index contributed by atoms with van der Waals surface area (Å²) in [4.78, 5) is 22.3. The molecule has 3 aromatic rings. The zero-order valence-corrected chi connectivity index (χ0v) is 17.8. The predicted octanol–water partition coefficient (Wildman–Crippen LogP) is 3.65. The third-order valence-electron chi connectivity index (χ3n) is 3.74. The number of nitrogens with zero attached hydrogens (tertiary/aromatic N) is 4. The van der Waals surface area contributed by atoms with Gasteiger partial charge in [-0.2, -0.15) is 5.10 Å². The first-order chi connectivity index (χ1) is 13.6. The van der Waals surface area contributed by atoms with Crippen LogP contribution in [0, 0.1) is 0 Å². The molecule has 0 aromatic carbocycles. The minimum atomic E-state index is -0.121. The van der Waals surface area contributed by atoms with Crippen molar-refractivity contribution in [2.75, 3.05) is 17.6 Å². The zero-order chi connectivity index (χ0) is 19.9. The molecular weight excluding hydrogens is 392 g/mol. The molecule has 0 aliphatic carbocycles. The molecule has 0 atom stereocenters. The second kappa shape index (κ2) is 9.70. The molecule has 3 heterocycles. The third kappa shape index (κ3) is 5.32. The van der Waals surface area contributed by atoms with Crippen LogP contribution in [0.25, 0.3) is 17.1 Å². The van der Waals surface area contributed by atoms with Crippen molar-refractivity contribution in [2.24, 2.45) is 0 Å². The highest BCUT2D eigenvalue weighted by atomic mass is 32.2. The number of aromatic nitrogens is 4. The average Bonchev–Trinajstić information content (AvgIpc) is 3.30. The van der Waals surface area contributed by atoms with Crippen molar-refractivity contribution in [2.45, 2.75) is 38.5 Å². The molecule has 0 bridgehead atoms. The van der Waals surface area contributed by atoms with E-state index in [-0.39, 0.29) is 11.9 Å². The fourth-order valence-corrected chi connectivity index (χ4v) is 3.75. The molecule has 0 aliphatic heterocycles. The molecular formula is C19H24N6OS2. The second-order valence-electron chi connectivity index (χ2n) is 6.33. The lowest BCUT2D eigenvalue weighted by molar-refractivity contribution is -0.116. The number of nitrogens with one attached hydrogen (secondary N) is 2. The van der Waals surface area contributed by atoms with Gasteiger partial charge in [0.2, 0.25) is 5.91 Å². The van der Waals surface area contributed by atoms with Gasteiger partial charge in [-0.05, 0) is 37.1 Å². The average molecular weight is 417 g/mol. The highest BCUT2D eigenvalue weighted by Crippen LogP contribution is 2.24. The molecule has 0 saturated carbocycles. The van der Waals surface area contributed by atoms with Crippen molar-refractivity contribution < 1.29 is 4.79 Å². The van der Waals surface area contributed by atoms with Crippen molar-refractivity contribution in [3.05, 3.63) is 34.7 Å². The number of fused-ring (bicyclic) bond motifs is 1. The Bertz CT molecular complexity index is 949. The van der Waals surface area contributed by atoms with Crippen LogP contribution in [-0.4, -0.2) is 44.0 Å². The van der Waals surface area contributed by atoms with Gasteiger partial charge < -0.3 is 10.6 Å². The summed E-state index contributed by atoms with van der Waals surface area (Å²) in [6.45, 7) is 7.23. The van der Waals surface area contributed by atoms with Gasteiger partial charge in [0.25, 0.3) is 0 Å². The van der Waals surface area contributed by atoms with Crippen LogP contribution < -0.4 is 10.6 Å². The monoisotopic (exact) mass is 416 g/mol. The number of amides is 1. The Morgan fingerprint density at radius 2 is 2.25 bits per heavy atom. The van der Waals surface area contributed by atoms with E-state index < -0.39 is 0 Å². The van der Waals surface area contributed by atoms with Crippen LogP contribution in [-0.2, 0) is 11.3 Å². The minimum absolute atomic E-state index is 0.121. The number of thiophene rings is 1. The summed E-state index contributed by atoms with van der Waals surface area (Å²) in [5, 5.41) is 14.3. The molecule has 0 aliphatic rings. The van der Waals surface area contributed by atoms with Crippen molar-refractivity contribution in [1.29, 1.82) is 0 Å². The van der Waals surface area contributed by atoms with Crippen molar-refractivity contribution in [1.82, 2.24) is 25.1 Å². The molecule has 1 amide bonds. The lowest BCUT2D eigenvalue weighted by Crippen LogP contribution is -2.25. The van der Waals surface area contributed by atoms with Gasteiger partial charge in [0.15, 0.2) is 10.8 Å². The third-order valence-corrected chi connectivity index (χ3v) is 5.31. The molecule has 0 unspecified atom stereocenters. The fourth-order valence-electron chi connectivity index (χ4n) is 2.56. The van der Waals surface area contributed by atoms with Gasteiger partial charge in [-0.1, -0.05) is 24.8 Å². The quantitative estimate of drug-likeness (QED) is 0.315. The first-order valence-electron chi connectivity index (χ1n) is 9.19. The first kappa shape index (κ1) is 20.3. The van der Waals surface area contributed by atoms with Crippen LogP contribution in [0.3, 0.4) is 0 Å². The molecule has 7 nitrogen and oxygen atoms in total. The molecule has 2 N–H and O–H groups in total. The molecule has 0 saturated heterocycles. The Morgan fingerprint density at radius 1 is 1.39 bits per heavy atom. The van der Waals surface area contributed by atoms with E-state index in [1.54, 1.807) is 35.4 Å². The van der Waals surface area contributed by atoms with Gasteiger partial charge in [-0.25, -0.2) is 14.6 Å². The van der Waals surface area contributed by atoms with Gasteiger partial charge in [0, 0.05) is 23.5 Å². The van der Waals surface area contributed by atoms with E-state index in [0.29, 0.717) is 13.1 Å². The maximum absolute atomic E-state index is 12.0. The van der Waals surface area contributed by atoms with Crippen molar-refractivity contribution in [3.8, 4) is 0 Å². The molecule has 148 valence electrons. The van der Waals surface area contributed by atoms with E-state index in [2.05, 4.69) is 46.5 Å². The zero-order valence-electron chi connectivity index (χ0n) is 16.2. The van der Waals surface area contributed by atoms with Crippen LogP contribution in [0.4, 0.5) is 5.82 Å². The summed E-state index contributed by atoms with van der Waals surface area (Å²) in [7, 11) is 0. The van der Waals surface area contributed by atoms with Crippen molar-refractivity contribution >= 4 is 51.9 Å². The summed E-state index contributed by atoms with van der Waals surface area (Å²) in [5.74, 6) is 1.57. The summed E-state index contributed by atoms with van der Waals surface area (Å²) in [5.41, 5.74) is 0.775. The van der Waals surface area contributed by atoms with E-state index in [4.69, 9.17) is 0 Å². The molecule has 9 heteroatoms. The van der Waals surface area contributed by atoms with Gasteiger partial charge in [-0.15, -0.1) is 11.3 Å². The van der Waals surface area contributed by atoms with E-state index in [0.717, 1.165) is 32.6 Å². The van der Waals surface area contributed by atoms with E-state index in [1.165, 1.54) is 0 Å². The Labute approximate surface area is 172 Å². The van der Waals surface area contributed by atoms with Crippen LogP contribution in [0.2, 0.25) is 0 Å². The Morgan fingerprint density at radius 3 is 2.96 bits per heavy atom. The summed E-state index contributed by atoms with van der Waals surface area (Å²) in [6, 6.07) is 4.19. The Hall–Kier alpha value is -2.39. The fraction of sp³-hybridized carbons (Fsp3) is 0.368. The van der Waals surface area contributed by atoms with Crippen molar-refractivity contribution in [3.63, 3.8) is 0 Å². The molecule has 3 rings (SSSR count). The molecule has 28 heavy (non-hydrogen) atoms. The van der Waals surface area contributed by atoms with E-state index in [1.807, 2.05) is 28.3 Å². The lowest BCUT2D eigenvalue weighted by Gasteiger charge is -2.11. The van der Waals surface area contributed by atoms with Crippen LogP contribution in [0.1, 0.15) is 25.6 Å². The van der Waals surface area contributed by atoms with Crippen LogP contribution >= 0.6 is 23.1 Å². The Kier molecular flexibility index (Phi) is 7.05. The second-order valence-corrected chi connectivity index (χ2v) is 8.54. The number of rotatable bonds is 9. The SMILES string of the molecule is CCSc1nc(NC(C)C)c2cnn(CCNC(=O)/C=C/c3cccs3)c2n1. The van der Waals surface area contributed by atoms with Gasteiger partial charge in [-0.3, -0.25) is 4.79 Å². The van der Waals surface area contributed by atoms with Crippen LogP contribution in [0.5, 0.6) is 0 Å². The lowest BCUT2D eigenvalue weighted by atomic mass is 10.3. The standard InChI is InChI=1S/C19H24N6OS2/c1-4-27-19-23-17(22-13(2)3)15-12-21-25(18(15)24-19)10-9-20-16(26)8-7-14-6-5-11-28-14/h5-8,11-13H,4,9-10H2,1-3H3,(H,20,26)(H,22,23,24)/b8-7+. The summed E-state index contributed by atoms with van der Waals surface area (Å²) < 4.78 is 1.81. The number of carbonyl (C=O) groups is 1. The Balaban J connectivity index is 1.68. The van der Waals surface area contributed by atoms with Gasteiger partial charge in [0.1, 0.15) is 5.82 Å². The molecule has 0 radical (unpaired) electrons. The first-order valence-corrected chi connectivity index (χ1v) is 11.1. The summed E-state index contributed by atoms with van der Waals surface area (Å²) >= 11 is 3.19. The van der Waals surface area contributed by atoms with E-state index >= 15 is 0 Å². The van der Waals surface area contributed by atoms with E-state index in [9.17, 15) is 4.79 Å². The maximum atomic E-state index is 12.0. The minimum Gasteiger partial charge on any atom is -0.367 e. The molecule has 3 aromatic heterocycles. The highest BCUT2D eigenvalue weighted by Gasteiger charge is 2.14. The maximum Gasteiger partial charge on any atom is 0.244 e. The number of hydrogen-bond acceptors (Lipinski definition) is 7. The van der Waals surface area contributed by atoms with Crippen LogP contribution in [0.15, 0.2) is 34.9 Å². The number of hydrogen-bond donors (Lipinski definition) is 2. The number of thioether (sulfide) groups is 1. The molecule has 0 spiro atoms. The molecule has 0 fully saturated rings.